The van der Waals surface area contributed by atoms with Crippen LogP contribution in [0.15, 0.2) is 136 Å². The molecule has 0 saturated heterocycles. The number of nitro benzene ring substituents is 1. The van der Waals surface area contributed by atoms with Crippen molar-refractivity contribution in [3.05, 3.63) is 144 Å². The summed E-state index contributed by atoms with van der Waals surface area (Å²) < 4.78 is 104. The molecule has 9 N–H and O–H groups in total. The molecule has 0 spiro atoms. The number of benzene rings is 3. The number of allylic oxidation sites excluding steroid dienone is 12. The summed E-state index contributed by atoms with van der Waals surface area (Å²) in [5.41, 5.74) is 17.2. The Hall–Kier alpha value is -7.81. The van der Waals surface area contributed by atoms with Crippen LogP contribution in [-0.4, -0.2) is 78.2 Å². The number of nitrogens with one attached hydrogen (secondary N) is 2. The Kier molecular flexibility index (Phi) is 11.9. The first-order valence-corrected chi connectivity index (χ1v) is 23.0. The third-order valence-electron chi connectivity index (χ3n) is 10.3. The highest BCUT2D eigenvalue weighted by Crippen LogP contribution is 2.39. The first kappa shape index (κ1) is 46.2. The summed E-state index contributed by atoms with van der Waals surface area (Å²) in [6.07, 6.45) is 13.3. The second kappa shape index (κ2) is 17.0. The third-order valence-corrected chi connectivity index (χ3v) is 12.9. The zero-order valence-electron chi connectivity index (χ0n) is 34.2. The van der Waals surface area contributed by atoms with E-state index >= 15 is 0 Å². The van der Waals surface area contributed by atoms with E-state index in [-0.39, 0.29) is 39.6 Å². The molecule has 0 aromatic heterocycles. The smallest absolute Gasteiger partial charge is 0.296 e. The van der Waals surface area contributed by atoms with Gasteiger partial charge >= 0.3 is 0 Å². The number of non-ortho nitro benzene ring substituents is 1. The number of carbonyl (C=O) groups is 2. The third kappa shape index (κ3) is 8.96. The molecule has 0 heterocycles. The van der Waals surface area contributed by atoms with Crippen LogP contribution in [0, 0.1) is 17.0 Å². The number of hydrogen-bond donors (Lipinski definition) is 7. The maximum absolute atomic E-state index is 14.0. The summed E-state index contributed by atoms with van der Waals surface area (Å²) in [5.74, 6) is -1.91. The molecule has 0 aliphatic heterocycles. The highest BCUT2D eigenvalue weighted by Gasteiger charge is 2.37. The molecule has 4 aliphatic carbocycles. The molecule has 22 nitrogen and oxygen atoms in total. The Labute approximate surface area is 374 Å². The molecule has 4 aliphatic rings. The Morgan fingerprint density at radius 1 is 0.636 bits per heavy atom. The molecule has 25 heteroatoms. The molecular weight excluding hydrogens is 923 g/mol. The predicted molar refractivity (Wildman–Crippen MR) is 246 cm³/mol. The van der Waals surface area contributed by atoms with Crippen molar-refractivity contribution in [3.8, 4) is 0 Å². The van der Waals surface area contributed by atoms with Crippen molar-refractivity contribution in [1.29, 1.82) is 0 Å². The first-order valence-electron chi connectivity index (χ1n) is 18.7. The van der Waals surface area contributed by atoms with Crippen LogP contribution in [0.4, 0.5) is 28.4 Å². The number of hydrogen-bond acceptors (Lipinski definition) is 18. The monoisotopic (exact) mass is 955 g/mol. The molecule has 3 aromatic carbocycles. The standard InChI is InChI=1S/C41H33N9O13S3/c1-19-4-7-25(50(53)54)18-31(19)47-48-38-33(65(58,59)60)16-24-17-34(66(61,62)63)39(41(52)35(24)37(38)43)49-45-29-11-6-23(15-21(29)3)22-5-10-28(20(2)14-22)44-46-30-12-8-26-32(64(55,56)57)13-9-27(42)36(26)40(30)51/h4-18,47-48H,42-43H2,1-3H3,(H,55,56,57)(H,58,59,60)(H,61,62,63)/b23-22+,44-28?,45-29?,46-30?,49-39?. The minimum absolute atomic E-state index is 0.0197. The fraction of sp³-hybridized carbons (Fsp3) is 0.0732. The average Bonchev–Trinajstić information content (AvgIpc) is 3.22. The van der Waals surface area contributed by atoms with E-state index in [0.717, 1.165) is 24.3 Å². The van der Waals surface area contributed by atoms with Crippen molar-refractivity contribution in [2.24, 2.45) is 20.4 Å². The second-order valence-electron chi connectivity index (χ2n) is 14.6. The van der Waals surface area contributed by atoms with E-state index in [4.69, 9.17) is 11.5 Å². The van der Waals surface area contributed by atoms with Crippen LogP contribution in [0.3, 0.4) is 0 Å². The number of hydrazine groups is 1. The second-order valence-corrected chi connectivity index (χ2v) is 18.8. The zero-order chi connectivity index (χ0) is 48.2. The van der Waals surface area contributed by atoms with Gasteiger partial charge in [0.05, 0.1) is 44.5 Å². The number of carbonyl (C=O) groups excluding carboxylic acids is 2. The van der Waals surface area contributed by atoms with Crippen molar-refractivity contribution in [2.75, 3.05) is 22.3 Å². The lowest BCUT2D eigenvalue weighted by Crippen LogP contribution is -2.28. The number of nitrogens with two attached hydrogens (primary N) is 2. The van der Waals surface area contributed by atoms with E-state index in [1.807, 2.05) is 0 Å². The predicted octanol–water partition coefficient (Wildman–Crippen LogP) is 5.26. The number of anilines is 4. The van der Waals surface area contributed by atoms with Crippen LogP contribution in [-0.2, 0) is 30.4 Å². The van der Waals surface area contributed by atoms with Crippen LogP contribution >= 0.6 is 0 Å². The molecule has 0 saturated carbocycles. The molecule has 0 fully saturated rings. The number of nitrogens with zero attached hydrogens (tertiary/aromatic N) is 5. The molecule has 66 heavy (non-hydrogen) atoms. The summed E-state index contributed by atoms with van der Waals surface area (Å²) in [7, 11) is -15.0. The van der Waals surface area contributed by atoms with Crippen molar-refractivity contribution in [2.45, 2.75) is 30.6 Å². The van der Waals surface area contributed by atoms with Crippen molar-refractivity contribution in [1.82, 2.24) is 0 Å². The van der Waals surface area contributed by atoms with E-state index in [1.54, 1.807) is 51.2 Å². The first-order chi connectivity index (χ1) is 30.8. The van der Waals surface area contributed by atoms with Gasteiger partial charge in [-0.3, -0.25) is 38.8 Å². The van der Waals surface area contributed by atoms with E-state index < -0.39 is 89.8 Å². The van der Waals surface area contributed by atoms with Gasteiger partial charge in [-0.2, -0.15) is 35.5 Å². The van der Waals surface area contributed by atoms with Gasteiger partial charge in [-0.1, -0.05) is 24.3 Å². The molecule has 0 unspecified atom stereocenters. The van der Waals surface area contributed by atoms with Gasteiger partial charge in [0, 0.05) is 23.4 Å². The van der Waals surface area contributed by atoms with Gasteiger partial charge < -0.3 is 16.9 Å². The Morgan fingerprint density at radius 3 is 1.77 bits per heavy atom. The maximum atomic E-state index is 14.0. The topological polar surface area (TPSA) is 366 Å². The lowest BCUT2D eigenvalue weighted by atomic mass is 9.92. The normalized spacial score (nSPS) is 19.8. The highest BCUT2D eigenvalue weighted by molar-refractivity contribution is 7.91. The molecule has 3 aromatic rings. The van der Waals surface area contributed by atoms with Gasteiger partial charge in [-0.25, -0.2) is 0 Å². The largest absolute Gasteiger partial charge is 0.398 e. The minimum Gasteiger partial charge on any atom is -0.398 e. The van der Waals surface area contributed by atoms with Gasteiger partial charge in [-0.05, 0) is 109 Å². The summed E-state index contributed by atoms with van der Waals surface area (Å²) in [6.45, 7) is 4.96. The van der Waals surface area contributed by atoms with Crippen LogP contribution < -0.4 is 22.3 Å². The lowest BCUT2D eigenvalue weighted by Gasteiger charge is -2.22. The number of aryl methyl sites for hydroxylation is 1. The van der Waals surface area contributed by atoms with Crippen LogP contribution in [0.5, 0.6) is 0 Å². The summed E-state index contributed by atoms with van der Waals surface area (Å²) in [5, 5.41) is 27.6. The number of fused-ring (bicyclic) bond motifs is 2. The minimum atomic E-state index is -5.24. The Bertz CT molecular complexity index is 3500. The number of nitro groups is 1. The molecule has 0 atom stereocenters. The fourth-order valence-corrected chi connectivity index (χ4v) is 8.97. The Balaban J connectivity index is 1.17. The van der Waals surface area contributed by atoms with E-state index in [2.05, 4.69) is 31.3 Å². The summed E-state index contributed by atoms with van der Waals surface area (Å²) in [4.78, 5) is 35.5. The van der Waals surface area contributed by atoms with Crippen molar-refractivity contribution in [3.63, 3.8) is 0 Å². The van der Waals surface area contributed by atoms with Crippen molar-refractivity contribution >= 4 is 105 Å². The highest BCUT2D eigenvalue weighted by atomic mass is 32.2. The van der Waals surface area contributed by atoms with Gasteiger partial charge in [0.2, 0.25) is 11.6 Å². The number of ketones is 2. The molecule has 0 radical (unpaired) electrons. The number of rotatable bonds is 9. The molecule has 338 valence electrons. The summed E-state index contributed by atoms with van der Waals surface area (Å²) >= 11 is 0. The summed E-state index contributed by atoms with van der Waals surface area (Å²) in [6, 6.07) is 6.76. The lowest BCUT2D eigenvalue weighted by molar-refractivity contribution is -0.384. The molecule has 7 rings (SSSR count). The molecule has 0 amide bonds. The van der Waals surface area contributed by atoms with Gasteiger partial charge in [0.15, 0.2) is 5.71 Å². The Morgan fingerprint density at radius 2 is 1.21 bits per heavy atom. The van der Waals surface area contributed by atoms with Gasteiger partial charge in [-0.15, -0.1) is 10.2 Å². The SMILES string of the molecule is CC1=C/C(=C2\C=CC(=NN=C3C(=O)c4c(cc(S(=O)(=O)O)c(NNc5cc([N+](=O)[O-])ccc5C)c4N)C=C3S(=O)(=O)O)C(C)=C2)C=CC1=NN=C1C=Cc2c(S(=O)(=O)O)ccc(N)c2C1=O. The zero-order valence-corrected chi connectivity index (χ0v) is 36.6. The quantitative estimate of drug-likeness (QED) is 0.0622. The molecule has 0 bridgehead atoms. The van der Waals surface area contributed by atoms with Crippen LogP contribution in [0.1, 0.15) is 51.3 Å². The molecular formula is C41H33N9O13S3. The number of nitrogen functional groups attached to an aromatic ring is 2. The van der Waals surface area contributed by atoms with Crippen molar-refractivity contribution < 1.29 is 53.4 Å². The van der Waals surface area contributed by atoms with Crippen LogP contribution in [0.25, 0.3) is 12.2 Å². The van der Waals surface area contributed by atoms with Gasteiger partial charge in [0.1, 0.15) is 20.4 Å². The van der Waals surface area contributed by atoms with Gasteiger partial charge in [0.25, 0.3) is 36.0 Å². The maximum Gasteiger partial charge on any atom is 0.296 e. The number of Topliss-reactive ketones (excluding diaryl/α,β-unsaturated/α-hetero) is 2. The van der Waals surface area contributed by atoms with E-state index in [1.165, 1.54) is 36.4 Å². The van der Waals surface area contributed by atoms with Crippen LogP contribution in [0.2, 0.25) is 0 Å². The van der Waals surface area contributed by atoms with E-state index in [0.29, 0.717) is 33.6 Å². The average molecular weight is 956 g/mol. The fourth-order valence-electron chi connectivity index (χ4n) is 6.93. The van der Waals surface area contributed by atoms with E-state index in [9.17, 15) is 58.6 Å².